The minimum atomic E-state index is -3.40. The Morgan fingerprint density at radius 2 is 1.73 bits per heavy atom. The maximum atomic E-state index is 12.9. The molecule has 1 aliphatic rings. The van der Waals surface area contributed by atoms with Gasteiger partial charge in [0.25, 0.3) is 0 Å². The summed E-state index contributed by atoms with van der Waals surface area (Å²) in [6.45, 7) is 5.36. The van der Waals surface area contributed by atoms with Gasteiger partial charge in [0.15, 0.2) is 0 Å². The van der Waals surface area contributed by atoms with Crippen LogP contribution in [0.2, 0.25) is 0 Å². The lowest BCUT2D eigenvalue weighted by molar-refractivity contribution is 0.190. The predicted octanol–water partition coefficient (Wildman–Crippen LogP) is 2.55. The van der Waals surface area contributed by atoms with Gasteiger partial charge in [0.1, 0.15) is 5.75 Å². The highest BCUT2D eigenvalue weighted by molar-refractivity contribution is 7.89. The van der Waals surface area contributed by atoms with Crippen LogP contribution in [-0.2, 0) is 16.4 Å². The molecule has 26 heavy (non-hydrogen) atoms. The molecule has 1 saturated heterocycles. The third-order valence-electron chi connectivity index (χ3n) is 4.89. The van der Waals surface area contributed by atoms with Crippen LogP contribution in [0.5, 0.6) is 5.75 Å². The number of benzene rings is 2. The number of hydrogen-bond donors (Lipinski definition) is 0. The molecule has 0 radical (unpaired) electrons. The zero-order valence-corrected chi connectivity index (χ0v) is 16.2. The molecule has 1 aliphatic heterocycles. The molecule has 1 heterocycles. The topological polar surface area (TPSA) is 49.9 Å². The number of aryl methyl sites for hydroxylation is 1. The van der Waals surface area contributed by atoms with E-state index in [4.69, 9.17) is 4.74 Å². The molecule has 140 valence electrons. The van der Waals surface area contributed by atoms with Crippen molar-refractivity contribution in [3.63, 3.8) is 0 Å². The van der Waals surface area contributed by atoms with Crippen molar-refractivity contribution in [2.24, 2.45) is 0 Å². The van der Waals surface area contributed by atoms with Crippen LogP contribution in [0, 0.1) is 6.92 Å². The van der Waals surface area contributed by atoms with E-state index in [-0.39, 0.29) is 0 Å². The number of sulfonamides is 1. The first-order valence-electron chi connectivity index (χ1n) is 8.92. The minimum absolute atomic E-state index is 0.421. The lowest BCUT2D eigenvalue weighted by Gasteiger charge is -2.34. The molecule has 6 heteroatoms. The van der Waals surface area contributed by atoms with E-state index in [0.717, 1.165) is 37.4 Å². The van der Waals surface area contributed by atoms with E-state index in [1.54, 1.807) is 23.5 Å². The quantitative estimate of drug-likeness (QED) is 0.780. The maximum Gasteiger partial charge on any atom is 0.243 e. The van der Waals surface area contributed by atoms with Gasteiger partial charge in [-0.25, -0.2) is 8.42 Å². The predicted molar refractivity (Wildman–Crippen MR) is 103 cm³/mol. The van der Waals surface area contributed by atoms with Crippen LogP contribution in [0.25, 0.3) is 0 Å². The van der Waals surface area contributed by atoms with Crippen molar-refractivity contribution in [1.82, 2.24) is 9.21 Å². The van der Waals surface area contributed by atoms with E-state index in [0.29, 0.717) is 18.0 Å². The number of ether oxygens (including phenoxy) is 1. The van der Waals surface area contributed by atoms with E-state index >= 15 is 0 Å². The largest absolute Gasteiger partial charge is 0.497 e. The molecule has 0 bridgehead atoms. The summed E-state index contributed by atoms with van der Waals surface area (Å²) in [5, 5.41) is 0. The van der Waals surface area contributed by atoms with Gasteiger partial charge in [-0.3, -0.25) is 0 Å². The molecule has 0 aliphatic carbocycles. The molecule has 0 unspecified atom stereocenters. The third-order valence-corrected chi connectivity index (χ3v) is 6.95. The van der Waals surface area contributed by atoms with E-state index in [2.05, 4.69) is 17.0 Å². The molecule has 5 nitrogen and oxygen atoms in total. The summed E-state index contributed by atoms with van der Waals surface area (Å²) in [5.41, 5.74) is 2.03. The third kappa shape index (κ3) is 4.26. The second-order valence-electron chi connectivity index (χ2n) is 6.61. The van der Waals surface area contributed by atoms with E-state index in [1.807, 2.05) is 31.2 Å². The summed E-state index contributed by atoms with van der Waals surface area (Å²) < 4.78 is 32.6. The number of rotatable bonds is 6. The molecule has 0 amide bonds. The van der Waals surface area contributed by atoms with Crippen molar-refractivity contribution >= 4 is 10.0 Å². The second-order valence-corrected chi connectivity index (χ2v) is 8.52. The highest BCUT2D eigenvalue weighted by Gasteiger charge is 2.29. The normalized spacial score (nSPS) is 16.5. The molecular formula is C20H26N2O3S. The smallest absolute Gasteiger partial charge is 0.243 e. The van der Waals surface area contributed by atoms with Crippen molar-refractivity contribution in [2.75, 3.05) is 39.8 Å². The Balaban J connectivity index is 1.56. The molecule has 2 aromatic carbocycles. The fourth-order valence-corrected chi connectivity index (χ4v) is 4.94. The molecule has 0 spiro atoms. The van der Waals surface area contributed by atoms with Crippen molar-refractivity contribution in [3.05, 3.63) is 59.7 Å². The first kappa shape index (κ1) is 18.9. The standard InChI is InChI=1S/C20H26N2O3S/c1-17-6-3-4-9-20(17)26(23,24)22-14-12-21(13-15-22)11-10-18-7-5-8-19(16-18)25-2/h3-9,16H,10-15H2,1-2H3. The first-order valence-corrected chi connectivity index (χ1v) is 10.4. The molecule has 0 N–H and O–H groups in total. The van der Waals surface area contributed by atoms with Gasteiger partial charge in [0, 0.05) is 32.7 Å². The lowest BCUT2D eigenvalue weighted by atomic mass is 10.1. The fourth-order valence-electron chi connectivity index (χ4n) is 3.29. The van der Waals surface area contributed by atoms with Crippen LogP contribution in [-0.4, -0.2) is 57.5 Å². The van der Waals surface area contributed by atoms with Crippen molar-refractivity contribution < 1.29 is 13.2 Å². The van der Waals surface area contributed by atoms with Crippen LogP contribution in [0.3, 0.4) is 0 Å². The Morgan fingerprint density at radius 3 is 2.42 bits per heavy atom. The van der Waals surface area contributed by atoms with Crippen LogP contribution < -0.4 is 4.74 Å². The molecule has 0 atom stereocenters. The maximum absolute atomic E-state index is 12.9. The SMILES string of the molecule is COc1cccc(CCN2CCN(S(=O)(=O)c3ccccc3C)CC2)c1. The van der Waals surface area contributed by atoms with E-state index < -0.39 is 10.0 Å². The summed E-state index contributed by atoms with van der Waals surface area (Å²) >= 11 is 0. The molecule has 1 fully saturated rings. The zero-order valence-electron chi connectivity index (χ0n) is 15.4. The van der Waals surface area contributed by atoms with E-state index in [1.165, 1.54) is 5.56 Å². The molecule has 0 aromatic heterocycles. The van der Waals surface area contributed by atoms with Gasteiger partial charge in [-0.1, -0.05) is 30.3 Å². The van der Waals surface area contributed by atoms with Gasteiger partial charge in [0.05, 0.1) is 12.0 Å². The van der Waals surface area contributed by atoms with Gasteiger partial charge in [0.2, 0.25) is 10.0 Å². The van der Waals surface area contributed by atoms with Crippen molar-refractivity contribution in [2.45, 2.75) is 18.2 Å². The Bertz CT molecular complexity index is 844. The molecule has 0 saturated carbocycles. The molecule has 3 rings (SSSR count). The van der Waals surface area contributed by atoms with Crippen LogP contribution in [0.1, 0.15) is 11.1 Å². The number of methoxy groups -OCH3 is 1. The summed E-state index contributed by atoms with van der Waals surface area (Å²) in [6.07, 6.45) is 0.932. The highest BCUT2D eigenvalue weighted by Crippen LogP contribution is 2.21. The zero-order chi connectivity index (χ0) is 18.6. The van der Waals surface area contributed by atoms with Gasteiger partial charge in [-0.2, -0.15) is 4.31 Å². The number of hydrogen-bond acceptors (Lipinski definition) is 4. The van der Waals surface area contributed by atoms with Gasteiger partial charge < -0.3 is 9.64 Å². The number of piperazine rings is 1. The van der Waals surface area contributed by atoms with Crippen molar-refractivity contribution in [1.29, 1.82) is 0 Å². The Hall–Kier alpha value is -1.89. The van der Waals surface area contributed by atoms with Crippen LogP contribution in [0.4, 0.5) is 0 Å². The van der Waals surface area contributed by atoms with Gasteiger partial charge >= 0.3 is 0 Å². The van der Waals surface area contributed by atoms with Crippen LogP contribution in [0.15, 0.2) is 53.4 Å². The number of nitrogens with zero attached hydrogens (tertiary/aromatic N) is 2. The summed E-state index contributed by atoms with van der Waals surface area (Å²) in [4.78, 5) is 2.74. The fraction of sp³-hybridized carbons (Fsp3) is 0.400. The first-order chi connectivity index (χ1) is 12.5. The molecular weight excluding hydrogens is 348 g/mol. The summed E-state index contributed by atoms with van der Waals surface area (Å²) in [5.74, 6) is 0.872. The Morgan fingerprint density at radius 1 is 1.00 bits per heavy atom. The van der Waals surface area contributed by atoms with Gasteiger partial charge in [-0.05, 0) is 42.7 Å². The van der Waals surface area contributed by atoms with Gasteiger partial charge in [-0.15, -0.1) is 0 Å². The summed E-state index contributed by atoms with van der Waals surface area (Å²) in [7, 11) is -1.73. The minimum Gasteiger partial charge on any atom is -0.497 e. The molecule has 2 aromatic rings. The summed E-state index contributed by atoms with van der Waals surface area (Å²) in [6, 6.07) is 15.3. The second kappa shape index (κ2) is 8.20. The Kier molecular flexibility index (Phi) is 5.96. The Labute approximate surface area is 156 Å². The lowest BCUT2D eigenvalue weighted by Crippen LogP contribution is -2.49. The highest BCUT2D eigenvalue weighted by atomic mass is 32.2. The average Bonchev–Trinajstić information content (AvgIpc) is 2.67. The average molecular weight is 375 g/mol. The monoisotopic (exact) mass is 374 g/mol. The van der Waals surface area contributed by atoms with Crippen molar-refractivity contribution in [3.8, 4) is 5.75 Å². The van der Waals surface area contributed by atoms with Crippen LogP contribution >= 0.6 is 0 Å². The van der Waals surface area contributed by atoms with E-state index in [9.17, 15) is 8.42 Å².